The highest BCUT2D eigenvalue weighted by Crippen LogP contribution is 2.59. The van der Waals surface area contributed by atoms with E-state index in [4.69, 9.17) is 9.05 Å². The molecule has 0 saturated carbocycles. The van der Waals surface area contributed by atoms with Crippen LogP contribution in [0.3, 0.4) is 0 Å². The van der Waals surface area contributed by atoms with Crippen LogP contribution < -0.4 is 0 Å². The zero-order valence-corrected chi connectivity index (χ0v) is 17.3. The SMILES string of the molecule is CCCCP(=CP(=O)(OCC)OCC)(CCCC)CCCC. The van der Waals surface area contributed by atoms with Crippen molar-refractivity contribution in [2.45, 2.75) is 73.1 Å². The lowest BCUT2D eigenvalue weighted by Crippen LogP contribution is -2.07. The predicted octanol–water partition coefficient (Wildman–Crippen LogP) is 6.43. The van der Waals surface area contributed by atoms with Gasteiger partial charge in [0, 0.05) is 5.54 Å². The van der Waals surface area contributed by atoms with Crippen molar-refractivity contribution in [1.82, 2.24) is 0 Å². The first kappa shape index (κ1) is 22.4. The van der Waals surface area contributed by atoms with Crippen molar-refractivity contribution in [2.75, 3.05) is 31.7 Å². The normalized spacial score (nSPS) is 12.6. The Morgan fingerprint density at radius 3 is 1.36 bits per heavy atom. The molecule has 0 amide bonds. The maximum Gasteiger partial charge on any atom is 0.354 e. The average Bonchev–Trinajstić information content (AvgIpc) is 2.49. The Balaban J connectivity index is 5.58. The summed E-state index contributed by atoms with van der Waals surface area (Å²) in [7, 11) is -3.04. The molecule has 5 heteroatoms. The summed E-state index contributed by atoms with van der Waals surface area (Å²) in [6.07, 6.45) is 10.8. The van der Waals surface area contributed by atoms with Gasteiger partial charge in [-0.25, -0.2) is 0 Å². The van der Waals surface area contributed by atoms with Gasteiger partial charge in [-0.3, -0.25) is 4.57 Å². The second kappa shape index (κ2) is 12.8. The quantitative estimate of drug-likeness (QED) is 0.338. The largest absolute Gasteiger partial charge is 0.354 e. The lowest BCUT2D eigenvalue weighted by Gasteiger charge is -2.28. The van der Waals surface area contributed by atoms with Crippen LogP contribution in [0.15, 0.2) is 0 Å². The van der Waals surface area contributed by atoms with E-state index in [2.05, 4.69) is 26.3 Å². The molecule has 0 aromatic carbocycles. The molecule has 0 atom stereocenters. The summed E-state index contributed by atoms with van der Waals surface area (Å²) in [5.41, 5.74) is 2.09. The van der Waals surface area contributed by atoms with E-state index in [0.717, 1.165) is 0 Å². The number of hydrogen-bond acceptors (Lipinski definition) is 3. The van der Waals surface area contributed by atoms with Gasteiger partial charge < -0.3 is 9.05 Å². The highest BCUT2D eigenvalue weighted by atomic mass is 31.2. The third kappa shape index (κ3) is 8.92. The van der Waals surface area contributed by atoms with Gasteiger partial charge in [0.05, 0.1) is 13.2 Å². The summed E-state index contributed by atoms with van der Waals surface area (Å²) in [6.45, 7) is 10.0. The summed E-state index contributed by atoms with van der Waals surface area (Å²) in [4.78, 5) is 0. The van der Waals surface area contributed by atoms with Crippen molar-refractivity contribution in [2.24, 2.45) is 0 Å². The monoisotopic (exact) mass is 352 g/mol. The molecule has 0 saturated heterocycles. The molecule has 0 rings (SSSR count). The van der Waals surface area contributed by atoms with Crippen LogP contribution in [0.2, 0.25) is 0 Å². The van der Waals surface area contributed by atoms with Crippen LogP contribution in [0.1, 0.15) is 73.1 Å². The molecule has 0 aromatic heterocycles. The van der Waals surface area contributed by atoms with Crippen molar-refractivity contribution in [3.05, 3.63) is 0 Å². The van der Waals surface area contributed by atoms with E-state index in [-0.39, 0.29) is 0 Å². The fourth-order valence-electron chi connectivity index (χ4n) is 2.69. The smallest absolute Gasteiger partial charge is 0.306 e. The zero-order valence-electron chi connectivity index (χ0n) is 15.5. The van der Waals surface area contributed by atoms with E-state index in [0.29, 0.717) is 13.2 Å². The minimum absolute atomic E-state index is 0.448. The Kier molecular flexibility index (Phi) is 13.1. The maximum atomic E-state index is 13.0. The number of unbranched alkanes of at least 4 members (excludes halogenated alkanes) is 3. The molecule has 0 unspecified atom stereocenters. The van der Waals surface area contributed by atoms with Gasteiger partial charge in [0.2, 0.25) is 0 Å². The molecular weight excluding hydrogens is 314 g/mol. The molecule has 22 heavy (non-hydrogen) atoms. The van der Waals surface area contributed by atoms with Crippen LogP contribution >= 0.6 is 14.5 Å². The van der Waals surface area contributed by atoms with E-state index in [9.17, 15) is 4.57 Å². The average molecular weight is 352 g/mol. The second-order valence-electron chi connectivity index (χ2n) is 5.94. The van der Waals surface area contributed by atoms with E-state index in [1.807, 2.05) is 13.8 Å². The Hall–Kier alpha value is 0.450. The van der Waals surface area contributed by atoms with Crippen LogP contribution in [0.5, 0.6) is 0 Å². The second-order valence-corrected chi connectivity index (χ2v) is 12.2. The Labute approximate surface area is 139 Å². The van der Waals surface area contributed by atoms with E-state index in [1.54, 1.807) is 0 Å². The minimum atomic E-state index is -3.04. The van der Waals surface area contributed by atoms with Crippen LogP contribution in [0.25, 0.3) is 0 Å². The van der Waals surface area contributed by atoms with Gasteiger partial charge in [0.1, 0.15) is 0 Å². The van der Waals surface area contributed by atoms with Gasteiger partial charge in [-0.2, -0.15) is 0 Å². The zero-order chi connectivity index (χ0) is 16.9. The van der Waals surface area contributed by atoms with Gasteiger partial charge in [-0.1, -0.05) is 46.9 Å². The third-order valence-electron chi connectivity index (χ3n) is 3.88. The molecule has 0 radical (unpaired) electrons. The fraction of sp³-hybridized carbons (Fsp3) is 0.941. The van der Waals surface area contributed by atoms with E-state index >= 15 is 0 Å². The van der Waals surface area contributed by atoms with Gasteiger partial charge >= 0.3 is 7.60 Å². The highest BCUT2D eigenvalue weighted by Gasteiger charge is 2.27. The Bertz CT molecular complexity index is 328. The summed E-state index contributed by atoms with van der Waals surface area (Å²) in [6, 6.07) is 0. The standard InChI is InChI=1S/C17H38O3P2/c1-6-11-14-21(15-12-7-2,16-13-8-3)17-22(18,19-9-4)20-10-5/h17H,6-16H2,1-5H3. The molecule has 0 heterocycles. The van der Waals surface area contributed by atoms with Crippen LogP contribution in [0, 0.1) is 0 Å². The molecular formula is C17H38O3P2. The van der Waals surface area contributed by atoms with Gasteiger partial charge in [0.25, 0.3) is 0 Å². The summed E-state index contributed by atoms with van der Waals surface area (Å²) in [5.74, 6) is 0. The number of hydrogen-bond donors (Lipinski definition) is 0. The molecule has 0 aromatic rings. The van der Waals surface area contributed by atoms with Crippen molar-refractivity contribution >= 4 is 20.0 Å². The maximum absolute atomic E-state index is 13.0. The molecule has 0 fully saturated rings. The topological polar surface area (TPSA) is 35.5 Å². The molecule has 0 aliphatic rings. The summed E-state index contributed by atoms with van der Waals surface area (Å²) >= 11 is 0. The first-order valence-corrected chi connectivity index (χ1v) is 13.2. The molecule has 0 N–H and O–H groups in total. The Morgan fingerprint density at radius 1 is 0.727 bits per heavy atom. The summed E-state index contributed by atoms with van der Waals surface area (Å²) in [5, 5.41) is 0. The minimum Gasteiger partial charge on any atom is -0.306 e. The van der Waals surface area contributed by atoms with Gasteiger partial charge in [-0.15, -0.1) is 0 Å². The Morgan fingerprint density at radius 2 is 1.09 bits per heavy atom. The molecule has 0 spiro atoms. The van der Waals surface area contributed by atoms with Gasteiger partial charge in [-0.05, 0) is 51.6 Å². The van der Waals surface area contributed by atoms with Gasteiger partial charge in [0.15, 0.2) is 0 Å². The lowest BCUT2D eigenvalue weighted by atomic mass is 10.4. The van der Waals surface area contributed by atoms with E-state index in [1.165, 1.54) is 57.0 Å². The first-order valence-electron chi connectivity index (χ1n) is 9.13. The van der Waals surface area contributed by atoms with Crippen molar-refractivity contribution in [1.29, 1.82) is 0 Å². The molecule has 134 valence electrons. The summed E-state index contributed by atoms with van der Waals surface area (Å²) < 4.78 is 24.2. The van der Waals surface area contributed by atoms with E-state index < -0.39 is 14.5 Å². The van der Waals surface area contributed by atoms with Crippen LogP contribution in [-0.4, -0.2) is 37.2 Å². The van der Waals surface area contributed by atoms with Crippen LogP contribution in [0.4, 0.5) is 0 Å². The molecule has 0 aliphatic carbocycles. The lowest BCUT2D eigenvalue weighted by molar-refractivity contribution is 0.234. The molecule has 0 aliphatic heterocycles. The molecule has 0 bridgehead atoms. The predicted molar refractivity (Wildman–Crippen MR) is 103 cm³/mol. The van der Waals surface area contributed by atoms with Crippen molar-refractivity contribution in [3.8, 4) is 0 Å². The van der Waals surface area contributed by atoms with Crippen molar-refractivity contribution in [3.63, 3.8) is 0 Å². The molecule has 3 nitrogen and oxygen atoms in total. The van der Waals surface area contributed by atoms with Crippen LogP contribution in [-0.2, 0) is 13.6 Å². The van der Waals surface area contributed by atoms with Crippen molar-refractivity contribution < 1.29 is 13.6 Å². The third-order valence-corrected chi connectivity index (χ3v) is 11.8. The number of rotatable bonds is 14. The fourth-order valence-corrected chi connectivity index (χ4v) is 11.3. The highest BCUT2D eigenvalue weighted by molar-refractivity contribution is 7.91. The first-order chi connectivity index (χ1) is 10.5.